The summed E-state index contributed by atoms with van der Waals surface area (Å²) in [7, 11) is 0. The number of aromatic nitrogens is 2. The molecule has 0 bridgehead atoms. The summed E-state index contributed by atoms with van der Waals surface area (Å²) in [5.74, 6) is 0.0836. The Morgan fingerprint density at radius 2 is 2.21 bits per heavy atom. The Bertz CT molecular complexity index is 517. The fourth-order valence-electron chi connectivity index (χ4n) is 2.54. The Kier molecular flexibility index (Phi) is 4.09. The quantitative estimate of drug-likeness (QED) is 0.815. The average molecular weight is 266 g/mol. The monoisotopic (exact) mass is 266 g/mol. The van der Waals surface area contributed by atoms with Crippen molar-refractivity contribution in [1.29, 1.82) is 0 Å². The van der Waals surface area contributed by atoms with Gasteiger partial charge in [-0.25, -0.2) is 4.79 Å². The third-order valence-electron chi connectivity index (χ3n) is 3.85. The molecule has 1 fully saturated rings. The van der Waals surface area contributed by atoms with Crippen molar-refractivity contribution < 1.29 is 4.79 Å². The molecular formula is C13H22N4O2. The largest absolute Gasteiger partial charge is 0.341 e. The van der Waals surface area contributed by atoms with E-state index >= 15 is 0 Å². The molecule has 0 aromatic carbocycles. The van der Waals surface area contributed by atoms with Crippen molar-refractivity contribution in [3.63, 3.8) is 0 Å². The molecule has 1 aromatic heterocycles. The Balaban J connectivity index is 1.95. The molecule has 0 spiro atoms. The fourth-order valence-corrected chi connectivity index (χ4v) is 2.54. The number of nitrogens with one attached hydrogen (secondary N) is 1. The summed E-state index contributed by atoms with van der Waals surface area (Å²) < 4.78 is 1.62. The summed E-state index contributed by atoms with van der Waals surface area (Å²) in [6.45, 7) is 5.60. The number of aryl methyl sites for hydroxylation is 1. The second-order valence-electron chi connectivity index (χ2n) is 5.28. The van der Waals surface area contributed by atoms with Crippen molar-refractivity contribution in [2.45, 2.75) is 45.7 Å². The molecule has 6 nitrogen and oxygen atoms in total. The maximum absolute atomic E-state index is 12.1. The fraction of sp³-hybridized carbons (Fsp3) is 0.692. The molecule has 1 unspecified atom stereocenters. The highest BCUT2D eigenvalue weighted by molar-refractivity contribution is 5.76. The SMILES string of the molecule is Cc1[nH]c(=O)n(CCC(=O)N2CCCC(N)C2)c1C. The molecule has 19 heavy (non-hydrogen) atoms. The van der Waals surface area contributed by atoms with Crippen LogP contribution in [0.4, 0.5) is 0 Å². The molecule has 1 saturated heterocycles. The van der Waals surface area contributed by atoms with Gasteiger partial charge in [0, 0.05) is 43.5 Å². The number of carbonyl (C=O) groups is 1. The summed E-state index contributed by atoms with van der Waals surface area (Å²) in [5.41, 5.74) is 7.48. The standard InChI is InChI=1S/C13H22N4O2/c1-9-10(2)17(13(19)15-9)7-5-12(18)16-6-3-4-11(14)8-16/h11H,3-8,14H2,1-2H3,(H,15,19). The molecule has 0 aliphatic carbocycles. The number of rotatable bonds is 3. The highest BCUT2D eigenvalue weighted by atomic mass is 16.2. The molecule has 1 amide bonds. The average Bonchev–Trinajstić information content (AvgIpc) is 2.61. The molecule has 1 aliphatic heterocycles. The van der Waals surface area contributed by atoms with Crippen molar-refractivity contribution in [1.82, 2.24) is 14.5 Å². The van der Waals surface area contributed by atoms with Gasteiger partial charge in [-0.15, -0.1) is 0 Å². The third-order valence-corrected chi connectivity index (χ3v) is 3.85. The predicted octanol–water partition coefficient (Wildman–Crippen LogP) is 0.133. The maximum Gasteiger partial charge on any atom is 0.325 e. The molecule has 106 valence electrons. The Hall–Kier alpha value is -1.56. The van der Waals surface area contributed by atoms with Crippen molar-refractivity contribution in [3.05, 3.63) is 21.9 Å². The lowest BCUT2D eigenvalue weighted by Gasteiger charge is -2.30. The summed E-state index contributed by atoms with van der Waals surface area (Å²) in [5, 5.41) is 0. The van der Waals surface area contributed by atoms with Crippen molar-refractivity contribution in [2.75, 3.05) is 13.1 Å². The number of nitrogens with zero attached hydrogens (tertiary/aromatic N) is 2. The number of H-pyrrole nitrogens is 1. The molecular weight excluding hydrogens is 244 g/mol. The minimum Gasteiger partial charge on any atom is -0.341 e. The van der Waals surface area contributed by atoms with Gasteiger partial charge in [0.05, 0.1) is 0 Å². The summed E-state index contributed by atoms with van der Waals surface area (Å²) in [6.07, 6.45) is 2.30. The number of hydrogen-bond acceptors (Lipinski definition) is 3. The van der Waals surface area contributed by atoms with Crippen LogP contribution in [0.3, 0.4) is 0 Å². The first-order chi connectivity index (χ1) is 8.99. The number of nitrogens with two attached hydrogens (primary N) is 1. The Labute approximate surface area is 112 Å². The zero-order valence-electron chi connectivity index (χ0n) is 11.6. The first-order valence-corrected chi connectivity index (χ1v) is 6.78. The number of imidazole rings is 1. The van der Waals surface area contributed by atoms with E-state index in [9.17, 15) is 9.59 Å². The molecule has 6 heteroatoms. The van der Waals surface area contributed by atoms with Gasteiger partial charge in [-0.3, -0.25) is 9.36 Å². The smallest absolute Gasteiger partial charge is 0.325 e. The Morgan fingerprint density at radius 1 is 1.47 bits per heavy atom. The first-order valence-electron chi connectivity index (χ1n) is 6.78. The summed E-state index contributed by atoms with van der Waals surface area (Å²) in [4.78, 5) is 28.3. The van der Waals surface area contributed by atoms with Crippen molar-refractivity contribution in [2.24, 2.45) is 5.73 Å². The van der Waals surface area contributed by atoms with Crippen LogP contribution in [0.25, 0.3) is 0 Å². The van der Waals surface area contributed by atoms with Gasteiger partial charge in [0.25, 0.3) is 0 Å². The number of hydrogen-bond donors (Lipinski definition) is 2. The van der Waals surface area contributed by atoms with E-state index in [1.54, 1.807) is 4.57 Å². The van der Waals surface area contributed by atoms with Crippen LogP contribution in [0, 0.1) is 13.8 Å². The van der Waals surface area contributed by atoms with Gasteiger partial charge in [-0.1, -0.05) is 0 Å². The molecule has 1 atom stereocenters. The van der Waals surface area contributed by atoms with Gasteiger partial charge in [0.2, 0.25) is 5.91 Å². The van der Waals surface area contributed by atoms with Crippen LogP contribution in [-0.4, -0.2) is 39.5 Å². The van der Waals surface area contributed by atoms with Gasteiger partial charge in [-0.2, -0.15) is 0 Å². The molecule has 1 aromatic rings. The van der Waals surface area contributed by atoms with E-state index in [4.69, 9.17) is 5.73 Å². The van der Waals surface area contributed by atoms with Crippen molar-refractivity contribution in [3.8, 4) is 0 Å². The van der Waals surface area contributed by atoms with Crippen LogP contribution < -0.4 is 11.4 Å². The molecule has 1 aliphatic rings. The molecule has 2 heterocycles. The van der Waals surface area contributed by atoms with E-state index in [0.29, 0.717) is 19.5 Å². The topological polar surface area (TPSA) is 84.1 Å². The summed E-state index contributed by atoms with van der Waals surface area (Å²) >= 11 is 0. The maximum atomic E-state index is 12.1. The number of piperidine rings is 1. The van der Waals surface area contributed by atoms with E-state index in [-0.39, 0.29) is 17.6 Å². The minimum absolute atomic E-state index is 0.0836. The van der Waals surface area contributed by atoms with Gasteiger partial charge in [0.1, 0.15) is 0 Å². The van der Waals surface area contributed by atoms with Gasteiger partial charge >= 0.3 is 5.69 Å². The second-order valence-corrected chi connectivity index (χ2v) is 5.28. The summed E-state index contributed by atoms with van der Waals surface area (Å²) in [6, 6.07) is 0.0941. The second kappa shape index (κ2) is 5.61. The molecule has 0 saturated carbocycles. The molecule has 3 N–H and O–H groups in total. The lowest BCUT2D eigenvalue weighted by atomic mass is 10.1. The van der Waals surface area contributed by atoms with Crippen LogP contribution in [0.5, 0.6) is 0 Å². The Morgan fingerprint density at radius 3 is 2.79 bits per heavy atom. The number of amides is 1. The van der Waals surface area contributed by atoms with Crippen LogP contribution in [-0.2, 0) is 11.3 Å². The highest BCUT2D eigenvalue weighted by Crippen LogP contribution is 2.10. The van der Waals surface area contributed by atoms with Gasteiger partial charge in [-0.05, 0) is 26.7 Å². The lowest BCUT2D eigenvalue weighted by Crippen LogP contribution is -2.46. The minimum atomic E-state index is -0.141. The molecule has 2 rings (SSSR count). The number of likely N-dealkylation sites (tertiary alicyclic amines) is 1. The number of carbonyl (C=O) groups excluding carboxylic acids is 1. The van der Waals surface area contributed by atoms with E-state index in [1.165, 1.54) is 0 Å². The predicted molar refractivity (Wildman–Crippen MR) is 72.9 cm³/mol. The van der Waals surface area contributed by atoms with E-state index in [1.807, 2.05) is 18.7 Å². The van der Waals surface area contributed by atoms with Gasteiger partial charge in [0.15, 0.2) is 0 Å². The van der Waals surface area contributed by atoms with Crippen molar-refractivity contribution >= 4 is 5.91 Å². The van der Waals surface area contributed by atoms with Gasteiger partial charge < -0.3 is 15.6 Å². The van der Waals surface area contributed by atoms with Crippen LogP contribution in [0.2, 0.25) is 0 Å². The first kappa shape index (κ1) is 13.9. The van der Waals surface area contributed by atoms with Crippen LogP contribution >= 0.6 is 0 Å². The molecule has 0 radical (unpaired) electrons. The number of aromatic amines is 1. The lowest BCUT2D eigenvalue weighted by molar-refractivity contribution is -0.132. The van der Waals surface area contributed by atoms with E-state index in [2.05, 4.69) is 4.98 Å². The van der Waals surface area contributed by atoms with E-state index < -0.39 is 0 Å². The van der Waals surface area contributed by atoms with E-state index in [0.717, 1.165) is 30.8 Å². The highest BCUT2D eigenvalue weighted by Gasteiger charge is 2.21. The van der Waals surface area contributed by atoms with Crippen LogP contribution in [0.1, 0.15) is 30.7 Å². The zero-order valence-corrected chi connectivity index (χ0v) is 11.6. The normalized spacial score (nSPS) is 19.7. The zero-order chi connectivity index (χ0) is 14.0. The van der Waals surface area contributed by atoms with Crippen LogP contribution in [0.15, 0.2) is 4.79 Å². The third kappa shape index (κ3) is 3.07.